The van der Waals surface area contributed by atoms with Crippen molar-refractivity contribution in [3.05, 3.63) is 41.2 Å². The van der Waals surface area contributed by atoms with Crippen LogP contribution in [0.4, 0.5) is 4.39 Å². The number of hydrogen-bond acceptors (Lipinski definition) is 2. The maximum absolute atomic E-state index is 12.6. The molecule has 0 aliphatic rings. The van der Waals surface area contributed by atoms with E-state index in [2.05, 4.69) is 0 Å². The summed E-state index contributed by atoms with van der Waals surface area (Å²) < 4.78 is 12.6. The number of Topliss-reactive ketones (excluding diaryl/α,β-unsaturated/α-hetero) is 1. The molecular weight excluding hydrogens is 211 g/mol. The molecule has 0 heterocycles. The zero-order valence-corrected chi connectivity index (χ0v) is 8.74. The van der Waals surface area contributed by atoms with Gasteiger partial charge in [-0.2, -0.15) is 0 Å². The highest BCUT2D eigenvalue weighted by Gasteiger charge is 2.14. The molecule has 0 saturated heterocycles. The van der Waals surface area contributed by atoms with Crippen LogP contribution in [0.1, 0.15) is 18.9 Å². The first-order valence-corrected chi connectivity index (χ1v) is 4.78. The summed E-state index contributed by atoms with van der Waals surface area (Å²) >= 11 is 0. The van der Waals surface area contributed by atoms with Crippen LogP contribution in [0, 0.1) is 5.82 Å². The lowest BCUT2D eigenvalue weighted by molar-refractivity contribution is -0.134. The molecule has 0 bridgehead atoms. The van der Waals surface area contributed by atoms with E-state index in [-0.39, 0.29) is 12.0 Å². The summed E-state index contributed by atoms with van der Waals surface area (Å²) in [5.74, 6) is -2.12. The molecule has 0 unspecified atom stereocenters. The average Bonchev–Trinajstić information content (AvgIpc) is 2.27. The van der Waals surface area contributed by atoms with E-state index in [0.717, 1.165) is 0 Å². The van der Waals surface area contributed by atoms with E-state index in [0.29, 0.717) is 5.56 Å². The van der Waals surface area contributed by atoms with E-state index < -0.39 is 17.6 Å². The maximum atomic E-state index is 12.6. The lowest BCUT2D eigenvalue weighted by Crippen LogP contribution is -2.10. The van der Waals surface area contributed by atoms with Crippen molar-refractivity contribution in [2.75, 3.05) is 0 Å². The molecule has 0 fully saturated rings. The van der Waals surface area contributed by atoms with Crippen molar-refractivity contribution in [1.29, 1.82) is 0 Å². The van der Waals surface area contributed by atoms with Gasteiger partial charge in [0.2, 0.25) is 0 Å². The molecule has 0 aliphatic heterocycles. The van der Waals surface area contributed by atoms with Gasteiger partial charge in [0.25, 0.3) is 0 Å². The van der Waals surface area contributed by atoms with Crippen LogP contribution in [0.2, 0.25) is 0 Å². The van der Waals surface area contributed by atoms with Crippen LogP contribution >= 0.6 is 0 Å². The highest BCUT2D eigenvalue weighted by atomic mass is 19.1. The molecule has 16 heavy (non-hydrogen) atoms. The maximum Gasteiger partial charge on any atom is 0.339 e. The Morgan fingerprint density at radius 3 is 2.31 bits per heavy atom. The van der Waals surface area contributed by atoms with Gasteiger partial charge in [0.15, 0.2) is 5.78 Å². The highest BCUT2D eigenvalue weighted by Crippen LogP contribution is 2.10. The third-order valence-electron chi connectivity index (χ3n) is 2.03. The predicted molar refractivity (Wildman–Crippen MR) is 57.3 cm³/mol. The number of carboxylic acids is 1. The van der Waals surface area contributed by atoms with Gasteiger partial charge in [0.1, 0.15) is 11.4 Å². The van der Waals surface area contributed by atoms with Crippen molar-refractivity contribution < 1.29 is 19.1 Å². The Labute approximate surface area is 92.2 Å². The number of carboxylic acid groups (broad SMARTS) is 1. The smallest absolute Gasteiger partial charge is 0.339 e. The molecule has 84 valence electrons. The van der Waals surface area contributed by atoms with Gasteiger partial charge in [0.05, 0.1) is 0 Å². The Balaban J connectivity index is 3.07. The molecule has 4 heteroatoms. The first kappa shape index (κ1) is 12.1. The third kappa shape index (κ3) is 3.02. The van der Waals surface area contributed by atoms with Crippen LogP contribution in [0.15, 0.2) is 29.8 Å². The summed E-state index contributed by atoms with van der Waals surface area (Å²) in [6.07, 6.45) is 1.37. The number of ketones is 1. The molecule has 0 saturated carbocycles. The third-order valence-corrected chi connectivity index (χ3v) is 2.03. The molecule has 0 atom stereocenters. The second-order valence-corrected chi connectivity index (χ2v) is 3.19. The van der Waals surface area contributed by atoms with Gasteiger partial charge in [-0.3, -0.25) is 4.79 Å². The average molecular weight is 222 g/mol. The molecule has 1 N–H and O–H groups in total. The summed E-state index contributed by atoms with van der Waals surface area (Å²) in [5.41, 5.74) is 0.203. The van der Waals surface area contributed by atoms with Crippen molar-refractivity contribution in [3.63, 3.8) is 0 Å². The van der Waals surface area contributed by atoms with Crippen LogP contribution in [0.3, 0.4) is 0 Å². The molecular formula is C12H11FO3. The van der Waals surface area contributed by atoms with Gasteiger partial charge < -0.3 is 5.11 Å². The Bertz CT molecular complexity index is 432. The van der Waals surface area contributed by atoms with E-state index in [1.165, 1.54) is 30.3 Å². The van der Waals surface area contributed by atoms with Crippen molar-refractivity contribution in [3.8, 4) is 0 Å². The van der Waals surface area contributed by atoms with E-state index >= 15 is 0 Å². The number of hydrogen-bond donors (Lipinski definition) is 1. The van der Waals surface area contributed by atoms with Crippen molar-refractivity contribution >= 4 is 17.8 Å². The summed E-state index contributed by atoms with van der Waals surface area (Å²) in [6, 6.07) is 5.26. The van der Waals surface area contributed by atoms with E-state index in [1.54, 1.807) is 6.92 Å². The summed E-state index contributed by atoms with van der Waals surface area (Å²) in [7, 11) is 0. The lowest BCUT2D eigenvalue weighted by atomic mass is 10.1. The number of carbonyl (C=O) groups is 2. The summed E-state index contributed by atoms with van der Waals surface area (Å²) in [6.45, 7) is 1.59. The van der Waals surface area contributed by atoms with Crippen molar-refractivity contribution in [2.24, 2.45) is 0 Å². The number of carbonyl (C=O) groups excluding carboxylic acids is 1. The summed E-state index contributed by atoms with van der Waals surface area (Å²) in [5, 5.41) is 8.83. The standard InChI is InChI=1S/C12H11FO3/c1-2-11(14)10(12(15)16)7-8-3-5-9(13)6-4-8/h3-7H,2H2,1H3,(H,15,16)/b10-7+. The Kier molecular flexibility index (Phi) is 3.94. The molecule has 3 nitrogen and oxygen atoms in total. The van der Waals surface area contributed by atoms with Crippen LogP contribution in [-0.2, 0) is 9.59 Å². The number of rotatable bonds is 4. The number of benzene rings is 1. The van der Waals surface area contributed by atoms with Crippen molar-refractivity contribution in [1.82, 2.24) is 0 Å². The Morgan fingerprint density at radius 2 is 1.88 bits per heavy atom. The predicted octanol–water partition coefficient (Wildman–Crippen LogP) is 2.27. The van der Waals surface area contributed by atoms with Gasteiger partial charge in [-0.15, -0.1) is 0 Å². The number of aliphatic carboxylic acids is 1. The van der Waals surface area contributed by atoms with E-state index in [9.17, 15) is 14.0 Å². The first-order chi connectivity index (χ1) is 7.54. The molecule has 1 rings (SSSR count). The molecule has 1 aromatic rings. The molecule has 0 radical (unpaired) electrons. The summed E-state index contributed by atoms with van der Waals surface area (Å²) in [4.78, 5) is 22.1. The SMILES string of the molecule is CCC(=O)/C(=C\c1ccc(F)cc1)C(=O)O. The number of halogens is 1. The van der Waals surface area contributed by atoms with E-state index in [4.69, 9.17) is 5.11 Å². The molecule has 0 spiro atoms. The first-order valence-electron chi connectivity index (χ1n) is 4.78. The minimum atomic E-state index is -1.27. The fourth-order valence-corrected chi connectivity index (χ4v) is 1.18. The van der Waals surface area contributed by atoms with Crippen LogP contribution in [0.25, 0.3) is 6.08 Å². The zero-order chi connectivity index (χ0) is 12.1. The highest BCUT2D eigenvalue weighted by molar-refractivity contribution is 6.19. The molecule has 0 aromatic heterocycles. The Hall–Kier alpha value is -1.97. The van der Waals surface area contributed by atoms with Gasteiger partial charge in [-0.25, -0.2) is 9.18 Å². The van der Waals surface area contributed by atoms with Gasteiger partial charge in [-0.05, 0) is 23.8 Å². The second kappa shape index (κ2) is 5.21. The van der Waals surface area contributed by atoms with Gasteiger partial charge in [0, 0.05) is 6.42 Å². The minimum absolute atomic E-state index is 0.124. The van der Waals surface area contributed by atoms with Crippen LogP contribution in [-0.4, -0.2) is 16.9 Å². The fourth-order valence-electron chi connectivity index (χ4n) is 1.18. The molecule has 0 amide bonds. The van der Waals surface area contributed by atoms with Gasteiger partial charge >= 0.3 is 5.97 Å². The van der Waals surface area contributed by atoms with Crippen molar-refractivity contribution in [2.45, 2.75) is 13.3 Å². The molecule has 1 aromatic carbocycles. The molecule has 0 aliphatic carbocycles. The zero-order valence-electron chi connectivity index (χ0n) is 8.74. The monoisotopic (exact) mass is 222 g/mol. The van der Waals surface area contributed by atoms with Gasteiger partial charge in [-0.1, -0.05) is 19.1 Å². The van der Waals surface area contributed by atoms with Crippen LogP contribution in [0.5, 0.6) is 0 Å². The topological polar surface area (TPSA) is 54.4 Å². The normalized spacial score (nSPS) is 11.2. The largest absolute Gasteiger partial charge is 0.478 e. The van der Waals surface area contributed by atoms with E-state index in [1.807, 2.05) is 0 Å². The lowest BCUT2D eigenvalue weighted by Gasteiger charge is -1.99. The second-order valence-electron chi connectivity index (χ2n) is 3.19. The van der Waals surface area contributed by atoms with Crippen LogP contribution < -0.4 is 0 Å². The fraction of sp³-hybridized carbons (Fsp3) is 0.167. The minimum Gasteiger partial charge on any atom is -0.478 e. The quantitative estimate of drug-likeness (QED) is 0.483. The Morgan fingerprint density at radius 1 is 1.31 bits per heavy atom.